The minimum atomic E-state index is -0.594. The van der Waals surface area contributed by atoms with Crippen LogP contribution in [0, 0.1) is 0 Å². The molecule has 3 heterocycles. The highest BCUT2D eigenvalue weighted by atomic mass is 16.6. The molecule has 0 radical (unpaired) electrons. The first-order valence-electron chi connectivity index (χ1n) is 11.0. The van der Waals surface area contributed by atoms with Crippen LogP contribution < -0.4 is 0 Å². The second-order valence-electron chi connectivity index (χ2n) is 8.88. The molecular weight excluding hydrogens is 378 g/mol. The van der Waals surface area contributed by atoms with E-state index in [4.69, 9.17) is 4.74 Å². The predicted octanol–water partition coefficient (Wildman–Crippen LogP) is 5.77. The van der Waals surface area contributed by atoms with Crippen LogP contribution in [-0.2, 0) is 21.6 Å². The van der Waals surface area contributed by atoms with E-state index in [-0.39, 0.29) is 5.54 Å². The van der Waals surface area contributed by atoms with E-state index in [0.717, 1.165) is 0 Å². The zero-order valence-electron chi connectivity index (χ0n) is 17.4. The number of fused-ring (bicyclic) bond motifs is 8. The summed E-state index contributed by atoms with van der Waals surface area (Å²) in [5, 5.41) is 0. The summed E-state index contributed by atoms with van der Waals surface area (Å²) in [6.45, 7) is 2.36. The standard InChI is InChI=1S/C29H23NO/c1-21-27(22-13-5-2-6-14-22)28(23-15-7-3-8-16-23)25-19-11-12-20-26(25)29(31-28,30(21)27)24-17-9-4-10-18-24/h2-21H,1H3/t21-,27-,28-,29-,30?/m0/s1. The number of hydrogen-bond donors (Lipinski definition) is 0. The van der Waals surface area contributed by atoms with Crippen molar-refractivity contribution in [2.24, 2.45) is 0 Å². The molecule has 31 heavy (non-hydrogen) atoms. The highest BCUT2D eigenvalue weighted by Gasteiger charge is 2.89. The molecule has 5 atom stereocenters. The topological polar surface area (TPSA) is 12.2 Å². The maximum atomic E-state index is 7.41. The van der Waals surface area contributed by atoms with Crippen molar-refractivity contribution in [2.75, 3.05) is 0 Å². The van der Waals surface area contributed by atoms with Gasteiger partial charge in [0.05, 0.1) is 0 Å². The van der Waals surface area contributed by atoms with Gasteiger partial charge in [-0.05, 0) is 23.6 Å². The van der Waals surface area contributed by atoms with Gasteiger partial charge in [-0.25, -0.2) is 4.90 Å². The van der Waals surface area contributed by atoms with Crippen molar-refractivity contribution in [3.63, 3.8) is 0 Å². The molecule has 4 aromatic carbocycles. The van der Waals surface area contributed by atoms with E-state index < -0.39 is 11.3 Å². The minimum absolute atomic E-state index is 0.250. The summed E-state index contributed by atoms with van der Waals surface area (Å²) >= 11 is 0. The van der Waals surface area contributed by atoms with Crippen molar-refractivity contribution >= 4 is 0 Å². The van der Waals surface area contributed by atoms with Crippen molar-refractivity contribution in [3.05, 3.63) is 143 Å². The first-order chi connectivity index (χ1) is 15.3. The normalized spacial score (nSPS) is 34.2. The van der Waals surface area contributed by atoms with Crippen LogP contribution in [0.15, 0.2) is 115 Å². The molecule has 0 N–H and O–H groups in total. The number of hydrogen-bond acceptors (Lipinski definition) is 2. The average molecular weight is 402 g/mol. The first-order valence-corrected chi connectivity index (χ1v) is 11.0. The Bertz CT molecular complexity index is 1290. The van der Waals surface area contributed by atoms with E-state index in [0.29, 0.717) is 6.04 Å². The van der Waals surface area contributed by atoms with Crippen molar-refractivity contribution in [1.82, 2.24) is 4.90 Å². The smallest absolute Gasteiger partial charge is 0.177 e. The van der Waals surface area contributed by atoms with Crippen molar-refractivity contribution in [2.45, 2.75) is 29.8 Å². The van der Waals surface area contributed by atoms with Gasteiger partial charge in [0.1, 0.15) is 11.1 Å². The third kappa shape index (κ3) is 1.76. The lowest BCUT2D eigenvalue weighted by Gasteiger charge is -2.37. The van der Waals surface area contributed by atoms with Crippen LogP contribution in [0.5, 0.6) is 0 Å². The second kappa shape index (κ2) is 5.73. The largest absolute Gasteiger partial charge is 0.333 e. The molecule has 2 nitrogen and oxygen atoms in total. The van der Waals surface area contributed by atoms with Gasteiger partial charge in [0, 0.05) is 17.2 Å². The Kier molecular flexibility index (Phi) is 3.23. The molecule has 0 aliphatic carbocycles. The van der Waals surface area contributed by atoms with Crippen LogP contribution in [0.3, 0.4) is 0 Å². The molecule has 4 aromatic rings. The zero-order chi connectivity index (χ0) is 20.7. The molecule has 7 rings (SSSR count). The molecule has 2 heteroatoms. The van der Waals surface area contributed by atoms with Gasteiger partial charge >= 0.3 is 0 Å². The van der Waals surface area contributed by atoms with Gasteiger partial charge in [0.15, 0.2) is 5.72 Å². The Morgan fingerprint density at radius 1 is 0.581 bits per heavy atom. The van der Waals surface area contributed by atoms with Gasteiger partial charge in [0.2, 0.25) is 0 Å². The Hall–Kier alpha value is -3.20. The summed E-state index contributed by atoms with van der Waals surface area (Å²) < 4.78 is 7.41. The fraction of sp³-hybridized carbons (Fsp3) is 0.172. The van der Waals surface area contributed by atoms with E-state index >= 15 is 0 Å². The summed E-state index contributed by atoms with van der Waals surface area (Å²) in [6.07, 6.45) is 0. The maximum Gasteiger partial charge on any atom is 0.177 e. The molecule has 2 saturated heterocycles. The molecule has 150 valence electrons. The summed E-state index contributed by atoms with van der Waals surface area (Å²) in [5.74, 6) is 0. The molecule has 2 fully saturated rings. The molecule has 0 spiro atoms. The van der Waals surface area contributed by atoms with E-state index in [1.54, 1.807) is 0 Å². The van der Waals surface area contributed by atoms with E-state index in [1.165, 1.54) is 27.8 Å². The highest BCUT2D eigenvalue weighted by molar-refractivity contribution is 5.65. The van der Waals surface area contributed by atoms with Gasteiger partial charge < -0.3 is 4.74 Å². The van der Waals surface area contributed by atoms with Gasteiger partial charge in [-0.15, -0.1) is 0 Å². The fourth-order valence-corrected chi connectivity index (χ4v) is 6.69. The van der Waals surface area contributed by atoms with Crippen LogP contribution >= 0.6 is 0 Å². The van der Waals surface area contributed by atoms with Crippen LogP contribution in [-0.4, -0.2) is 10.9 Å². The van der Waals surface area contributed by atoms with Gasteiger partial charge in [-0.3, -0.25) is 0 Å². The molecule has 2 bridgehead atoms. The van der Waals surface area contributed by atoms with E-state index in [9.17, 15) is 0 Å². The quantitative estimate of drug-likeness (QED) is 0.404. The third-order valence-electron chi connectivity index (χ3n) is 7.71. The van der Waals surface area contributed by atoms with Gasteiger partial charge in [-0.1, -0.05) is 115 Å². The average Bonchev–Trinajstić information content (AvgIpc) is 3.24. The van der Waals surface area contributed by atoms with Crippen LogP contribution in [0.1, 0.15) is 34.7 Å². The molecule has 1 unspecified atom stereocenters. The highest BCUT2D eigenvalue weighted by Crippen LogP contribution is 2.80. The minimum Gasteiger partial charge on any atom is -0.333 e. The van der Waals surface area contributed by atoms with Crippen molar-refractivity contribution < 1.29 is 4.74 Å². The Labute approximate surface area is 182 Å². The summed E-state index contributed by atoms with van der Waals surface area (Å²) in [7, 11) is 0. The molecule has 3 aliphatic heterocycles. The van der Waals surface area contributed by atoms with Crippen molar-refractivity contribution in [3.8, 4) is 0 Å². The van der Waals surface area contributed by atoms with Gasteiger partial charge in [-0.2, -0.15) is 0 Å². The number of nitrogens with zero attached hydrogens (tertiary/aromatic N) is 1. The van der Waals surface area contributed by atoms with Crippen LogP contribution in [0.2, 0.25) is 0 Å². The van der Waals surface area contributed by atoms with Crippen LogP contribution in [0.4, 0.5) is 0 Å². The monoisotopic (exact) mass is 401 g/mol. The summed E-state index contributed by atoms with van der Waals surface area (Å²) in [5.41, 5.74) is 4.87. The lowest BCUT2D eigenvalue weighted by Crippen LogP contribution is -2.42. The molecular formula is C29H23NO. The third-order valence-corrected chi connectivity index (χ3v) is 7.71. The molecule has 3 aliphatic rings. The second-order valence-corrected chi connectivity index (χ2v) is 8.88. The molecule has 0 saturated carbocycles. The number of rotatable bonds is 3. The van der Waals surface area contributed by atoms with Gasteiger partial charge in [0.25, 0.3) is 0 Å². The molecule has 0 aromatic heterocycles. The Morgan fingerprint density at radius 3 is 1.68 bits per heavy atom. The van der Waals surface area contributed by atoms with Crippen LogP contribution in [0.25, 0.3) is 0 Å². The molecule has 0 amide bonds. The zero-order valence-corrected chi connectivity index (χ0v) is 17.4. The first kappa shape index (κ1) is 17.5. The number of ether oxygens (including phenoxy) is 1. The van der Waals surface area contributed by atoms with E-state index in [2.05, 4.69) is 127 Å². The fourth-order valence-electron chi connectivity index (χ4n) is 6.69. The number of benzene rings is 4. The maximum absolute atomic E-state index is 7.41. The lowest BCUT2D eigenvalue weighted by atomic mass is 9.69. The SMILES string of the molecule is C[C@@H]1N2[C@@]3(c4ccccc4)O[C@@](c4ccccc4)(c4ccccc43)[C@@]12c1ccccc1. The predicted molar refractivity (Wildman–Crippen MR) is 121 cm³/mol. The summed E-state index contributed by atoms with van der Waals surface area (Å²) in [6, 6.07) is 41.7. The Morgan fingerprint density at radius 2 is 1.06 bits per heavy atom. The van der Waals surface area contributed by atoms with Crippen molar-refractivity contribution in [1.29, 1.82) is 0 Å². The lowest BCUT2D eigenvalue weighted by molar-refractivity contribution is -0.0999. The van der Waals surface area contributed by atoms with E-state index in [1.807, 2.05) is 0 Å². The summed E-state index contributed by atoms with van der Waals surface area (Å²) in [4.78, 5) is 2.61. The Balaban J connectivity index is 1.63.